The molecule has 0 radical (unpaired) electrons. The number of esters is 1. The van der Waals surface area contributed by atoms with E-state index in [2.05, 4.69) is 10.5 Å². The minimum absolute atomic E-state index is 0.196. The second kappa shape index (κ2) is 9.96. The summed E-state index contributed by atoms with van der Waals surface area (Å²) >= 11 is 0. The number of hydrogen-bond donors (Lipinski definition) is 1. The number of hydrogen-bond acceptors (Lipinski definition) is 6. The Labute approximate surface area is 157 Å². The Bertz CT molecular complexity index is 798. The normalized spacial score (nSPS) is 10.9. The molecular formula is C20H22N2O5. The van der Waals surface area contributed by atoms with Gasteiger partial charge in [0.2, 0.25) is 0 Å². The van der Waals surface area contributed by atoms with Crippen LogP contribution in [0, 0.1) is 0 Å². The Balaban J connectivity index is 1.83. The summed E-state index contributed by atoms with van der Waals surface area (Å²) in [6, 6.07) is 13.7. The molecule has 0 aliphatic heterocycles. The van der Waals surface area contributed by atoms with E-state index in [1.54, 1.807) is 45.2 Å². The van der Waals surface area contributed by atoms with Gasteiger partial charge in [-0.15, -0.1) is 0 Å². The fraction of sp³-hybridized carbons (Fsp3) is 0.250. The molecule has 7 nitrogen and oxygen atoms in total. The number of methoxy groups -OCH3 is 1. The first kappa shape index (κ1) is 20.0. The lowest BCUT2D eigenvalue weighted by molar-refractivity contribution is -0.123. The smallest absolute Gasteiger partial charge is 0.338 e. The zero-order chi connectivity index (χ0) is 19.6. The molecule has 0 atom stereocenters. The van der Waals surface area contributed by atoms with E-state index in [0.717, 1.165) is 11.3 Å². The topological polar surface area (TPSA) is 86.2 Å². The highest BCUT2D eigenvalue weighted by Gasteiger charge is 2.07. The molecule has 0 bridgehead atoms. The molecule has 0 fully saturated rings. The van der Waals surface area contributed by atoms with Crippen LogP contribution in [0.4, 0.5) is 0 Å². The van der Waals surface area contributed by atoms with Crippen molar-refractivity contribution in [3.05, 3.63) is 59.7 Å². The molecule has 0 spiro atoms. The first-order valence-electron chi connectivity index (χ1n) is 8.41. The molecule has 27 heavy (non-hydrogen) atoms. The summed E-state index contributed by atoms with van der Waals surface area (Å²) in [5, 5.41) is 4.05. The number of benzene rings is 2. The third kappa shape index (κ3) is 6.14. The maximum atomic E-state index is 11.9. The fourth-order valence-electron chi connectivity index (χ4n) is 2.13. The highest BCUT2D eigenvalue weighted by atomic mass is 16.5. The van der Waals surface area contributed by atoms with Gasteiger partial charge in [0.15, 0.2) is 6.61 Å². The van der Waals surface area contributed by atoms with Gasteiger partial charge in [-0.3, -0.25) is 4.79 Å². The summed E-state index contributed by atoms with van der Waals surface area (Å²) in [6.45, 7) is 3.65. The van der Waals surface area contributed by atoms with Crippen molar-refractivity contribution in [2.45, 2.75) is 13.8 Å². The molecule has 0 heterocycles. The standard InChI is InChI=1S/C20H22N2O5/c1-4-26-20(24)16-7-11-18(12-8-16)27-13-19(23)22-21-14(2)15-5-9-17(25-3)10-6-15/h5-12H,4,13H2,1-3H3,(H,22,23)/b21-14+. The number of hydrazone groups is 1. The predicted molar refractivity (Wildman–Crippen MR) is 101 cm³/mol. The second-order valence-corrected chi connectivity index (χ2v) is 5.49. The number of rotatable bonds is 8. The van der Waals surface area contributed by atoms with Crippen molar-refractivity contribution in [2.24, 2.45) is 5.10 Å². The molecule has 1 amide bonds. The molecule has 2 aromatic rings. The van der Waals surface area contributed by atoms with Crippen molar-refractivity contribution >= 4 is 17.6 Å². The summed E-state index contributed by atoms with van der Waals surface area (Å²) in [5.74, 6) is 0.425. The van der Waals surface area contributed by atoms with Gasteiger partial charge in [-0.05, 0) is 67.9 Å². The first-order chi connectivity index (χ1) is 13.0. The van der Waals surface area contributed by atoms with Crippen LogP contribution >= 0.6 is 0 Å². The summed E-state index contributed by atoms with van der Waals surface area (Å²) < 4.78 is 15.4. The van der Waals surface area contributed by atoms with Gasteiger partial charge in [0.25, 0.3) is 5.91 Å². The number of nitrogens with one attached hydrogen (secondary N) is 1. The Morgan fingerprint density at radius 3 is 2.15 bits per heavy atom. The summed E-state index contributed by atoms with van der Waals surface area (Å²) in [5.41, 5.74) is 4.39. The Hall–Kier alpha value is -3.35. The zero-order valence-corrected chi connectivity index (χ0v) is 15.5. The lowest BCUT2D eigenvalue weighted by atomic mass is 10.1. The van der Waals surface area contributed by atoms with Crippen molar-refractivity contribution in [1.82, 2.24) is 5.43 Å². The van der Waals surface area contributed by atoms with E-state index >= 15 is 0 Å². The van der Waals surface area contributed by atoms with Gasteiger partial charge in [0.1, 0.15) is 11.5 Å². The van der Waals surface area contributed by atoms with Gasteiger partial charge in [-0.1, -0.05) is 0 Å². The molecule has 2 aromatic carbocycles. The third-order valence-corrected chi connectivity index (χ3v) is 3.59. The first-order valence-corrected chi connectivity index (χ1v) is 8.41. The van der Waals surface area contributed by atoms with E-state index < -0.39 is 11.9 Å². The van der Waals surface area contributed by atoms with Crippen LogP contribution in [-0.2, 0) is 9.53 Å². The monoisotopic (exact) mass is 370 g/mol. The summed E-state index contributed by atoms with van der Waals surface area (Å²) in [7, 11) is 1.60. The summed E-state index contributed by atoms with van der Waals surface area (Å²) in [6.07, 6.45) is 0. The molecule has 142 valence electrons. The number of carbonyl (C=O) groups excluding carboxylic acids is 2. The Morgan fingerprint density at radius 2 is 1.56 bits per heavy atom. The number of carbonyl (C=O) groups is 2. The van der Waals surface area contributed by atoms with Crippen LogP contribution in [0.3, 0.4) is 0 Å². The van der Waals surface area contributed by atoms with Crippen LogP contribution in [0.1, 0.15) is 29.8 Å². The molecule has 7 heteroatoms. The Morgan fingerprint density at radius 1 is 0.963 bits per heavy atom. The minimum atomic E-state index is -0.398. The molecule has 0 aliphatic carbocycles. The van der Waals surface area contributed by atoms with Gasteiger partial charge in [-0.25, -0.2) is 10.2 Å². The molecule has 0 aliphatic rings. The van der Waals surface area contributed by atoms with Crippen LogP contribution in [0.25, 0.3) is 0 Å². The predicted octanol–water partition coefficient (Wildman–Crippen LogP) is 2.79. The van der Waals surface area contributed by atoms with Crippen LogP contribution in [0.15, 0.2) is 53.6 Å². The molecule has 2 rings (SSSR count). The van der Waals surface area contributed by atoms with Gasteiger partial charge < -0.3 is 14.2 Å². The average Bonchev–Trinajstić information content (AvgIpc) is 2.71. The molecule has 0 saturated heterocycles. The maximum Gasteiger partial charge on any atom is 0.338 e. The van der Waals surface area contributed by atoms with E-state index in [-0.39, 0.29) is 6.61 Å². The fourth-order valence-corrected chi connectivity index (χ4v) is 2.13. The van der Waals surface area contributed by atoms with E-state index in [9.17, 15) is 9.59 Å². The lowest BCUT2D eigenvalue weighted by Gasteiger charge is -2.07. The van der Waals surface area contributed by atoms with Crippen molar-refractivity contribution in [1.29, 1.82) is 0 Å². The van der Waals surface area contributed by atoms with E-state index in [4.69, 9.17) is 14.2 Å². The second-order valence-electron chi connectivity index (χ2n) is 5.49. The van der Waals surface area contributed by atoms with Gasteiger partial charge in [0.05, 0.1) is 25.0 Å². The molecular weight excluding hydrogens is 348 g/mol. The largest absolute Gasteiger partial charge is 0.497 e. The molecule has 0 unspecified atom stereocenters. The van der Waals surface area contributed by atoms with E-state index in [1.807, 2.05) is 24.3 Å². The van der Waals surface area contributed by atoms with Crippen molar-refractivity contribution in [2.75, 3.05) is 20.3 Å². The van der Waals surface area contributed by atoms with Gasteiger partial charge >= 0.3 is 5.97 Å². The van der Waals surface area contributed by atoms with E-state index in [0.29, 0.717) is 23.6 Å². The minimum Gasteiger partial charge on any atom is -0.497 e. The van der Waals surface area contributed by atoms with Gasteiger partial charge in [-0.2, -0.15) is 5.10 Å². The van der Waals surface area contributed by atoms with Crippen molar-refractivity contribution in [3.63, 3.8) is 0 Å². The zero-order valence-electron chi connectivity index (χ0n) is 15.5. The van der Waals surface area contributed by atoms with E-state index in [1.165, 1.54) is 0 Å². The van der Waals surface area contributed by atoms with Crippen LogP contribution in [-0.4, -0.2) is 37.9 Å². The average molecular weight is 370 g/mol. The quantitative estimate of drug-likeness (QED) is 0.439. The number of nitrogens with zero attached hydrogens (tertiary/aromatic N) is 1. The molecule has 1 N–H and O–H groups in total. The maximum absolute atomic E-state index is 11.9. The van der Waals surface area contributed by atoms with Crippen LogP contribution in [0.2, 0.25) is 0 Å². The third-order valence-electron chi connectivity index (χ3n) is 3.59. The SMILES string of the molecule is CCOC(=O)c1ccc(OCC(=O)N/N=C(\C)c2ccc(OC)cc2)cc1. The number of amides is 1. The molecule has 0 saturated carbocycles. The highest BCUT2D eigenvalue weighted by Crippen LogP contribution is 2.13. The lowest BCUT2D eigenvalue weighted by Crippen LogP contribution is -2.25. The van der Waals surface area contributed by atoms with Crippen LogP contribution in [0.5, 0.6) is 11.5 Å². The highest BCUT2D eigenvalue weighted by molar-refractivity contribution is 5.99. The Kier molecular flexibility index (Phi) is 7.37. The summed E-state index contributed by atoms with van der Waals surface area (Å²) in [4.78, 5) is 23.5. The van der Waals surface area contributed by atoms with Gasteiger partial charge in [0, 0.05) is 0 Å². The van der Waals surface area contributed by atoms with Crippen LogP contribution < -0.4 is 14.9 Å². The number of ether oxygens (including phenoxy) is 3. The molecule has 0 aromatic heterocycles. The van der Waals surface area contributed by atoms with Crippen molar-refractivity contribution < 1.29 is 23.8 Å². The van der Waals surface area contributed by atoms with Crippen molar-refractivity contribution in [3.8, 4) is 11.5 Å².